The van der Waals surface area contributed by atoms with Crippen LogP contribution in [0.2, 0.25) is 0 Å². The molecule has 3 rings (SSSR count). The summed E-state index contributed by atoms with van der Waals surface area (Å²) in [5, 5.41) is 17.3. The van der Waals surface area contributed by atoms with Gasteiger partial charge in [-0.25, -0.2) is 0 Å². The Hall–Kier alpha value is -2.06. The molecule has 0 atom stereocenters. The Morgan fingerprint density at radius 1 is 0.696 bits per heavy atom. The zero-order valence-corrected chi connectivity index (χ0v) is 13.8. The van der Waals surface area contributed by atoms with E-state index < -0.39 is 7.12 Å². The number of benzene rings is 1. The predicted octanol–water partition coefficient (Wildman–Crippen LogP) is 1.45. The Balaban J connectivity index is 0.000000224. The highest BCUT2D eigenvalue weighted by atomic mass is 79.9. The van der Waals surface area contributed by atoms with Crippen LogP contribution >= 0.6 is 15.9 Å². The Labute approximate surface area is 143 Å². The number of halogens is 1. The third kappa shape index (κ3) is 6.29. The molecule has 0 spiro atoms. The molecule has 0 saturated carbocycles. The van der Waals surface area contributed by atoms with Crippen LogP contribution in [0.1, 0.15) is 0 Å². The van der Waals surface area contributed by atoms with E-state index in [1.807, 2.05) is 24.3 Å². The molecule has 0 bridgehead atoms. The fourth-order valence-corrected chi connectivity index (χ4v) is 1.99. The molecule has 2 heterocycles. The van der Waals surface area contributed by atoms with E-state index >= 15 is 0 Å². The van der Waals surface area contributed by atoms with Gasteiger partial charge in [0.2, 0.25) is 0 Å². The highest BCUT2D eigenvalue weighted by Crippen LogP contribution is 2.15. The van der Waals surface area contributed by atoms with Gasteiger partial charge in [-0.1, -0.05) is 28.1 Å². The fourth-order valence-electron chi connectivity index (χ4n) is 1.72. The van der Waals surface area contributed by atoms with Gasteiger partial charge < -0.3 is 15.5 Å². The number of nitrogens with zero attached hydrogens (tertiary/aromatic N) is 2. The summed E-state index contributed by atoms with van der Waals surface area (Å²) in [5.41, 5.74) is 2.85. The SMILES string of the molecule is O.OB(O)c1ccc(Br)cc1.c1cc(-c2ccncc2)ccn1. The summed E-state index contributed by atoms with van der Waals surface area (Å²) in [7, 11) is -1.37. The Kier molecular flexibility index (Phi) is 8.14. The zero-order valence-electron chi connectivity index (χ0n) is 12.2. The van der Waals surface area contributed by atoms with Crippen LogP contribution in [0.25, 0.3) is 11.1 Å². The maximum atomic E-state index is 8.65. The molecule has 7 heteroatoms. The van der Waals surface area contributed by atoms with Crippen molar-refractivity contribution < 1.29 is 15.5 Å². The molecule has 0 aliphatic carbocycles. The summed E-state index contributed by atoms with van der Waals surface area (Å²) in [6.07, 6.45) is 7.15. The van der Waals surface area contributed by atoms with E-state index in [-0.39, 0.29) is 5.48 Å². The highest BCUT2D eigenvalue weighted by molar-refractivity contribution is 9.10. The fraction of sp³-hybridized carbons (Fsp3) is 0. The first kappa shape index (κ1) is 19.0. The van der Waals surface area contributed by atoms with Crippen LogP contribution in [0.4, 0.5) is 0 Å². The van der Waals surface area contributed by atoms with E-state index in [0.29, 0.717) is 5.46 Å². The quantitative estimate of drug-likeness (QED) is 0.663. The van der Waals surface area contributed by atoms with Gasteiger partial charge >= 0.3 is 7.12 Å². The monoisotopic (exact) mass is 374 g/mol. The van der Waals surface area contributed by atoms with Gasteiger partial charge in [0.1, 0.15) is 0 Å². The molecule has 0 saturated heterocycles. The van der Waals surface area contributed by atoms with E-state index in [2.05, 4.69) is 25.9 Å². The second-order valence-corrected chi connectivity index (χ2v) is 5.31. The molecular formula is C16H16BBrN2O3. The van der Waals surface area contributed by atoms with Crippen LogP contribution in [-0.2, 0) is 0 Å². The van der Waals surface area contributed by atoms with Crippen molar-refractivity contribution >= 4 is 28.5 Å². The molecule has 3 aromatic rings. The molecule has 0 amide bonds. The molecule has 0 aliphatic rings. The molecule has 23 heavy (non-hydrogen) atoms. The lowest BCUT2D eigenvalue weighted by molar-refractivity contribution is 0.426. The van der Waals surface area contributed by atoms with Gasteiger partial charge in [-0.15, -0.1) is 0 Å². The maximum absolute atomic E-state index is 8.65. The third-order valence-corrected chi connectivity index (χ3v) is 3.39. The highest BCUT2D eigenvalue weighted by Gasteiger charge is 2.08. The molecule has 1 aromatic carbocycles. The molecule has 5 nitrogen and oxygen atoms in total. The van der Waals surface area contributed by atoms with Crippen molar-refractivity contribution in [3.63, 3.8) is 0 Å². The minimum atomic E-state index is -1.37. The minimum absolute atomic E-state index is 0. The number of hydrogen-bond acceptors (Lipinski definition) is 4. The van der Waals surface area contributed by atoms with Gasteiger partial charge in [-0.05, 0) is 53.0 Å². The largest absolute Gasteiger partial charge is 0.488 e. The second-order valence-electron chi connectivity index (χ2n) is 4.40. The average Bonchev–Trinajstić information content (AvgIpc) is 2.57. The second kappa shape index (κ2) is 9.86. The van der Waals surface area contributed by atoms with Crippen LogP contribution in [-0.4, -0.2) is 32.6 Å². The van der Waals surface area contributed by atoms with Crippen LogP contribution < -0.4 is 5.46 Å². The number of aromatic nitrogens is 2. The first-order valence-corrected chi connectivity index (χ1v) is 7.38. The number of hydrogen-bond donors (Lipinski definition) is 2. The molecule has 0 fully saturated rings. The van der Waals surface area contributed by atoms with E-state index in [4.69, 9.17) is 10.0 Å². The number of pyridine rings is 2. The summed E-state index contributed by atoms with van der Waals surface area (Å²) in [4.78, 5) is 7.91. The molecule has 118 valence electrons. The van der Waals surface area contributed by atoms with Crippen molar-refractivity contribution in [2.45, 2.75) is 0 Å². The molecule has 0 radical (unpaired) electrons. The van der Waals surface area contributed by atoms with Crippen LogP contribution in [0.15, 0.2) is 77.8 Å². The summed E-state index contributed by atoms with van der Waals surface area (Å²) in [6.45, 7) is 0. The van der Waals surface area contributed by atoms with Crippen molar-refractivity contribution in [3.8, 4) is 11.1 Å². The van der Waals surface area contributed by atoms with Crippen molar-refractivity contribution in [2.75, 3.05) is 0 Å². The van der Waals surface area contributed by atoms with Crippen molar-refractivity contribution in [1.82, 2.24) is 9.97 Å². The summed E-state index contributed by atoms with van der Waals surface area (Å²) >= 11 is 3.23. The van der Waals surface area contributed by atoms with Crippen molar-refractivity contribution in [2.24, 2.45) is 0 Å². The van der Waals surface area contributed by atoms with Crippen LogP contribution in [0.5, 0.6) is 0 Å². The van der Waals surface area contributed by atoms with Gasteiger partial charge in [0.05, 0.1) is 0 Å². The summed E-state index contributed by atoms with van der Waals surface area (Å²) in [5.74, 6) is 0. The Morgan fingerprint density at radius 2 is 1.09 bits per heavy atom. The maximum Gasteiger partial charge on any atom is 0.488 e. The summed E-state index contributed by atoms with van der Waals surface area (Å²) < 4.78 is 0.928. The van der Waals surface area contributed by atoms with Gasteiger partial charge in [0.25, 0.3) is 0 Å². The minimum Gasteiger partial charge on any atom is -0.423 e. The Morgan fingerprint density at radius 3 is 1.43 bits per heavy atom. The molecule has 4 N–H and O–H groups in total. The summed E-state index contributed by atoms with van der Waals surface area (Å²) in [6, 6.07) is 14.7. The zero-order chi connectivity index (χ0) is 15.8. The van der Waals surface area contributed by atoms with Crippen molar-refractivity contribution in [3.05, 3.63) is 77.8 Å². The van der Waals surface area contributed by atoms with E-state index in [1.54, 1.807) is 49.1 Å². The lowest BCUT2D eigenvalue weighted by Gasteiger charge is -1.97. The van der Waals surface area contributed by atoms with Crippen molar-refractivity contribution in [1.29, 1.82) is 0 Å². The standard InChI is InChI=1S/C10H8N2.C6H6BBrO2.H2O/c1-5-11-6-2-9(1)10-3-7-12-8-4-10;8-6-3-1-5(2-4-6)7(9)10;/h1-8H;1-4,9-10H;1H2. The lowest BCUT2D eigenvalue weighted by Crippen LogP contribution is -2.29. The first-order chi connectivity index (χ1) is 10.7. The van der Waals surface area contributed by atoms with E-state index in [0.717, 1.165) is 4.47 Å². The molecular weight excluding hydrogens is 359 g/mol. The average molecular weight is 375 g/mol. The van der Waals surface area contributed by atoms with Gasteiger partial charge in [-0.2, -0.15) is 0 Å². The number of rotatable bonds is 2. The third-order valence-electron chi connectivity index (χ3n) is 2.86. The molecule has 2 aromatic heterocycles. The van der Waals surface area contributed by atoms with Gasteiger partial charge in [0, 0.05) is 29.3 Å². The molecule has 0 aliphatic heterocycles. The van der Waals surface area contributed by atoms with Crippen LogP contribution in [0.3, 0.4) is 0 Å². The normalized spacial score (nSPS) is 9.17. The van der Waals surface area contributed by atoms with E-state index in [1.165, 1.54) is 11.1 Å². The van der Waals surface area contributed by atoms with Crippen LogP contribution in [0, 0.1) is 0 Å². The van der Waals surface area contributed by atoms with Gasteiger partial charge in [-0.3, -0.25) is 9.97 Å². The molecule has 0 unspecified atom stereocenters. The lowest BCUT2D eigenvalue weighted by atomic mass is 9.81. The topological polar surface area (TPSA) is 97.7 Å². The first-order valence-electron chi connectivity index (χ1n) is 6.59. The van der Waals surface area contributed by atoms with Gasteiger partial charge in [0.15, 0.2) is 0 Å². The Bertz CT molecular complexity index is 645. The predicted molar refractivity (Wildman–Crippen MR) is 95.0 cm³/mol. The smallest absolute Gasteiger partial charge is 0.423 e. The van der Waals surface area contributed by atoms with E-state index in [9.17, 15) is 0 Å².